The molecule has 158 valence electrons. The SMILES string of the molecule is Cn1c(=O)n(C2CCCNC2)c2ccc(C3CCN(C[C@H]4CCNC4)CC3)cc21. The monoisotopic (exact) mass is 397 g/mol. The highest BCUT2D eigenvalue weighted by Crippen LogP contribution is 2.31. The summed E-state index contributed by atoms with van der Waals surface area (Å²) in [6, 6.07) is 7.07. The number of imidazole rings is 1. The van der Waals surface area contributed by atoms with Crippen LogP contribution in [0.5, 0.6) is 0 Å². The first-order chi connectivity index (χ1) is 14.2. The van der Waals surface area contributed by atoms with E-state index < -0.39 is 0 Å². The number of likely N-dealkylation sites (tertiary alicyclic amines) is 1. The van der Waals surface area contributed by atoms with Gasteiger partial charge >= 0.3 is 5.69 Å². The standard InChI is InChI=1S/C23H35N5O/c1-26-22-13-19(18-7-11-27(12-8-18)16-17-6-10-25-14-17)4-5-21(22)28(23(26)29)20-3-2-9-24-15-20/h4-5,13,17-18,20,24-25H,2-3,6-12,14-16H2,1H3/t17-,20?/m0/s1. The molecule has 6 nitrogen and oxygen atoms in total. The Hall–Kier alpha value is -1.63. The van der Waals surface area contributed by atoms with Gasteiger partial charge in [-0.25, -0.2) is 4.79 Å². The van der Waals surface area contributed by atoms with Crippen LogP contribution in [0.3, 0.4) is 0 Å². The lowest BCUT2D eigenvalue weighted by atomic mass is 9.88. The largest absolute Gasteiger partial charge is 0.329 e. The van der Waals surface area contributed by atoms with Crippen LogP contribution in [0.1, 0.15) is 49.6 Å². The number of aryl methyl sites for hydroxylation is 1. The number of piperidine rings is 2. The minimum Gasteiger partial charge on any atom is -0.316 e. The molecule has 0 amide bonds. The second-order valence-corrected chi connectivity index (χ2v) is 9.39. The molecule has 0 radical (unpaired) electrons. The quantitative estimate of drug-likeness (QED) is 0.829. The molecule has 1 aromatic carbocycles. The molecule has 4 heterocycles. The number of benzene rings is 1. The van der Waals surface area contributed by atoms with Gasteiger partial charge in [0.1, 0.15) is 0 Å². The summed E-state index contributed by atoms with van der Waals surface area (Å²) in [5.74, 6) is 1.46. The topological polar surface area (TPSA) is 54.2 Å². The Morgan fingerprint density at radius 2 is 1.83 bits per heavy atom. The van der Waals surface area contributed by atoms with Gasteiger partial charge in [0, 0.05) is 20.1 Å². The number of fused-ring (bicyclic) bond motifs is 1. The number of aromatic nitrogens is 2. The van der Waals surface area contributed by atoms with Gasteiger partial charge in [0.25, 0.3) is 0 Å². The number of nitrogens with zero attached hydrogens (tertiary/aromatic N) is 3. The molecule has 3 fully saturated rings. The van der Waals surface area contributed by atoms with E-state index in [1.54, 1.807) is 0 Å². The molecule has 1 aromatic heterocycles. The van der Waals surface area contributed by atoms with E-state index >= 15 is 0 Å². The first kappa shape index (κ1) is 19.3. The summed E-state index contributed by atoms with van der Waals surface area (Å²) >= 11 is 0. The Bertz CT molecular complexity index is 896. The van der Waals surface area contributed by atoms with Crippen LogP contribution >= 0.6 is 0 Å². The lowest BCUT2D eigenvalue weighted by Gasteiger charge is -2.33. The molecule has 0 bridgehead atoms. The van der Waals surface area contributed by atoms with Gasteiger partial charge < -0.3 is 15.5 Å². The molecule has 29 heavy (non-hydrogen) atoms. The van der Waals surface area contributed by atoms with Crippen LogP contribution in [0.4, 0.5) is 0 Å². The van der Waals surface area contributed by atoms with Gasteiger partial charge in [-0.1, -0.05) is 6.07 Å². The third kappa shape index (κ3) is 3.78. The summed E-state index contributed by atoms with van der Waals surface area (Å²) in [5.41, 5.74) is 3.73. The van der Waals surface area contributed by atoms with Crippen LogP contribution in [0.15, 0.2) is 23.0 Å². The maximum absolute atomic E-state index is 13.0. The molecule has 0 spiro atoms. The molecule has 0 aliphatic carbocycles. The fourth-order valence-corrected chi connectivity index (χ4v) is 5.73. The minimum atomic E-state index is 0.130. The molecule has 3 aliphatic rings. The molecule has 1 unspecified atom stereocenters. The highest BCUT2D eigenvalue weighted by molar-refractivity contribution is 5.77. The Balaban J connectivity index is 1.33. The summed E-state index contributed by atoms with van der Waals surface area (Å²) in [5, 5.41) is 6.94. The summed E-state index contributed by atoms with van der Waals surface area (Å²) in [4.78, 5) is 15.6. The predicted molar refractivity (Wildman–Crippen MR) is 118 cm³/mol. The molecule has 5 rings (SSSR count). The van der Waals surface area contributed by atoms with Gasteiger partial charge in [-0.15, -0.1) is 0 Å². The third-order valence-corrected chi connectivity index (χ3v) is 7.49. The van der Waals surface area contributed by atoms with Gasteiger partial charge in [0.2, 0.25) is 0 Å². The third-order valence-electron chi connectivity index (χ3n) is 7.49. The van der Waals surface area contributed by atoms with E-state index in [1.165, 1.54) is 57.5 Å². The molecule has 3 saturated heterocycles. The highest BCUT2D eigenvalue weighted by atomic mass is 16.1. The fraction of sp³-hybridized carbons (Fsp3) is 0.696. The molecule has 2 N–H and O–H groups in total. The van der Waals surface area contributed by atoms with E-state index in [1.807, 2.05) is 16.2 Å². The van der Waals surface area contributed by atoms with Gasteiger partial charge in [0.15, 0.2) is 0 Å². The number of hydrogen-bond acceptors (Lipinski definition) is 4. The van der Waals surface area contributed by atoms with Crippen molar-refractivity contribution in [2.24, 2.45) is 13.0 Å². The summed E-state index contributed by atoms with van der Waals surface area (Å²) in [6.07, 6.45) is 6.02. The second-order valence-electron chi connectivity index (χ2n) is 9.39. The van der Waals surface area contributed by atoms with Crippen molar-refractivity contribution in [3.05, 3.63) is 34.2 Å². The molecular formula is C23H35N5O. The van der Waals surface area contributed by atoms with Crippen molar-refractivity contribution in [1.29, 1.82) is 0 Å². The van der Waals surface area contributed by atoms with E-state index in [-0.39, 0.29) is 11.7 Å². The van der Waals surface area contributed by atoms with Crippen molar-refractivity contribution < 1.29 is 0 Å². The molecule has 3 aliphatic heterocycles. The number of rotatable bonds is 4. The lowest BCUT2D eigenvalue weighted by molar-refractivity contribution is 0.187. The molecule has 2 atom stereocenters. The molecule has 2 aromatic rings. The summed E-state index contributed by atoms with van der Waals surface area (Å²) in [6.45, 7) is 8.01. The second kappa shape index (κ2) is 8.25. The van der Waals surface area contributed by atoms with E-state index in [4.69, 9.17) is 0 Å². The minimum absolute atomic E-state index is 0.130. The lowest BCUT2D eigenvalue weighted by Crippen LogP contribution is -2.37. The first-order valence-corrected chi connectivity index (χ1v) is 11.6. The van der Waals surface area contributed by atoms with Gasteiger partial charge in [-0.05, 0) is 94.4 Å². The maximum Gasteiger partial charge on any atom is 0.329 e. The molecular weight excluding hydrogens is 362 g/mol. The zero-order valence-electron chi connectivity index (χ0n) is 17.7. The highest BCUT2D eigenvalue weighted by Gasteiger charge is 2.26. The summed E-state index contributed by atoms with van der Waals surface area (Å²) < 4.78 is 3.89. The number of nitrogens with one attached hydrogen (secondary N) is 2. The van der Waals surface area contributed by atoms with Crippen LogP contribution in [0.2, 0.25) is 0 Å². The Kier molecular flexibility index (Phi) is 5.50. The fourth-order valence-electron chi connectivity index (χ4n) is 5.73. The first-order valence-electron chi connectivity index (χ1n) is 11.6. The zero-order valence-corrected chi connectivity index (χ0v) is 17.7. The predicted octanol–water partition coefficient (Wildman–Crippen LogP) is 2.05. The van der Waals surface area contributed by atoms with E-state index in [0.29, 0.717) is 5.92 Å². The van der Waals surface area contributed by atoms with E-state index in [9.17, 15) is 4.79 Å². The molecule has 6 heteroatoms. The van der Waals surface area contributed by atoms with Crippen molar-refractivity contribution in [1.82, 2.24) is 24.7 Å². The van der Waals surface area contributed by atoms with Gasteiger partial charge in [0.05, 0.1) is 17.1 Å². The Morgan fingerprint density at radius 1 is 1.00 bits per heavy atom. The zero-order chi connectivity index (χ0) is 19.8. The van der Waals surface area contributed by atoms with Crippen LogP contribution in [0.25, 0.3) is 11.0 Å². The average molecular weight is 398 g/mol. The smallest absolute Gasteiger partial charge is 0.316 e. The number of hydrogen-bond donors (Lipinski definition) is 2. The normalized spacial score (nSPS) is 27.1. The Morgan fingerprint density at radius 3 is 2.55 bits per heavy atom. The van der Waals surface area contributed by atoms with Crippen LogP contribution < -0.4 is 16.3 Å². The van der Waals surface area contributed by atoms with Gasteiger partial charge in [-0.2, -0.15) is 0 Å². The van der Waals surface area contributed by atoms with Crippen molar-refractivity contribution in [2.45, 2.75) is 44.1 Å². The summed E-state index contributed by atoms with van der Waals surface area (Å²) in [7, 11) is 1.93. The van der Waals surface area contributed by atoms with Crippen molar-refractivity contribution >= 4 is 11.0 Å². The Labute approximate surface area is 173 Å². The van der Waals surface area contributed by atoms with Crippen molar-refractivity contribution in [2.75, 3.05) is 45.8 Å². The maximum atomic E-state index is 13.0. The van der Waals surface area contributed by atoms with Crippen molar-refractivity contribution in [3.8, 4) is 0 Å². The van der Waals surface area contributed by atoms with E-state index in [2.05, 4.69) is 33.7 Å². The van der Waals surface area contributed by atoms with Crippen LogP contribution in [0, 0.1) is 5.92 Å². The average Bonchev–Trinajstić information content (AvgIpc) is 3.36. The van der Waals surface area contributed by atoms with Crippen molar-refractivity contribution in [3.63, 3.8) is 0 Å². The molecule has 0 saturated carbocycles. The van der Waals surface area contributed by atoms with Crippen LogP contribution in [-0.2, 0) is 7.05 Å². The van der Waals surface area contributed by atoms with Crippen LogP contribution in [-0.4, -0.2) is 59.8 Å². The van der Waals surface area contributed by atoms with E-state index in [0.717, 1.165) is 42.9 Å². The van der Waals surface area contributed by atoms with Gasteiger partial charge in [-0.3, -0.25) is 9.13 Å².